The maximum atomic E-state index is 13.5. The second kappa shape index (κ2) is 10.1. The smallest absolute Gasteiger partial charge is 0.247 e. The van der Waals surface area contributed by atoms with Crippen LogP contribution in [0.3, 0.4) is 0 Å². The van der Waals surface area contributed by atoms with E-state index in [2.05, 4.69) is 18.9 Å². The number of hydrogen-bond acceptors (Lipinski definition) is 5. The highest BCUT2D eigenvalue weighted by Gasteiger charge is 2.38. The van der Waals surface area contributed by atoms with Crippen LogP contribution in [0.4, 0.5) is 0 Å². The Morgan fingerprint density at radius 2 is 1.90 bits per heavy atom. The molecule has 3 atom stereocenters. The largest absolute Gasteiger partial charge is 0.487 e. The molecule has 0 bridgehead atoms. The van der Waals surface area contributed by atoms with Crippen molar-refractivity contribution in [3.05, 3.63) is 48.5 Å². The van der Waals surface area contributed by atoms with Gasteiger partial charge in [-0.05, 0) is 50.2 Å². The SMILES string of the molecule is CCCN(C)C[C@@H]1Oc2cc(-c3ccccc3)ccc2S(=O)(=O)N([C@H](C)CO)C[C@@H]1C. The first kappa shape index (κ1) is 23.7. The topological polar surface area (TPSA) is 70.1 Å². The van der Waals surface area contributed by atoms with E-state index in [4.69, 9.17) is 4.74 Å². The molecule has 1 aliphatic rings. The summed E-state index contributed by atoms with van der Waals surface area (Å²) in [6.07, 6.45) is 0.860. The summed E-state index contributed by atoms with van der Waals surface area (Å²) in [5, 5.41) is 9.74. The summed E-state index contributed by atoms with van der Waals surface area (Å²) in [5.74, 6) is 0.328. The number of ether oxygens (including phenoxy) is 1. The lowest BCUT2D eigenvalue weighted by Gasteiger charge is -2.37. The van der Waals surface area contributed by atoms with Gasteiger partial charge in [-0.2, -0.15) is 4.31 Å². The van der Waals surface area contributed by atoms with Gasteiger partial charge in [-0.3, -0.25) is 0 Å². The molecule has 0 unspecified atom stereocenters. The lowest BCUT2D eigenvalue weighted by atomic mass is 10.0. The summed E-state index contributed by atoms with van der Waals surface area (Å²) >= 11 is 0. The molecule has 3 rings (SSSR count). The average Bonchev–Trinajstić information content (AvgIpc) is 2.76. The van der Waals surface area contributed by atoms with Gasteiger partial charge >= 0.3 is 0 Å². The first-order valence-corrected chi connectivity index (χ1v) is 12.4. The molecular weight excluding hydrogens is 412 g/mol. The Kier molecular flexibility index (Phi) is 7.75. The standard InChI is InChI=1S/C24H34N2O4S/c1-5-13-25(4)16-23-18(2)15-26(19(3)17-27)31(28,29)24-12-11-21(14-22(24)30-23)20-9-7-6-8-10-20/h6-12,14,18-19,23,27H,5,13,15-17H2,1-4H3/t18-,19+,23-/m0/s1. The van der Waals surface area contributed by atoms with Crippen molar-refractivity contribution in [2.75, 3.05) is 33.3 Å². The van der Waals surface area contributed by atoms with Crippen LogP contribution < -0.4 is 4.74 Å². The van der Waals surface area contributed by atoms with Crippen LogP contribution in [0.25, 0.3) is 11.1 Å². The van der Waals surface area contributed by atoms with Crippen molar-refractivity contribution in [3.8, 4) is 16.9 Å². The molecule has 0 saturated heterocycles. The molecule has 170 valence electrons. The third-order valence-electron chi connectivity index (χ3n) is 5.87. The molecule has 0 aliphatic carbocycles. The molecule has 31 heavy (non-hydrogen) atoms. The van der Waals surface area contributed by atoms with Crippen molar-refractivity contribution in [2.45, 2.75) is 44.2 Å². The number of hydrogen-bond donors (Lipinski definition) is 1. The van der Waals surface area contributed by atoms with Crippen LogP contribution in [0.1, 0.15) is 27.2 Å². The van der Waals surface area contributed by atoms with Crippen LogP contribution in [0, 0.1) is 5.92 Å². The molecule has 0 saturated carbocycles. The summed E-state index contributed by atoms with van der Waals surface area (Å²) in [6, 6.07) is 14.6. The predicted molar refractivity (Wildman–Crippen MR) is 124 cm³/mol. The molecular formula is C24H34N2O4S. The second-order valence-corrected chi connectivity index (χ2v) is 10.4. The van der Waals surface area contributed by atoms with Crippen LogP contribution in [0.15, 0.2) is 53.4 Å². The fraction of sp³-hybridized carbons (Fsp3) is 0.500. The van der Waals surface area contributed by atoms with Crippen LogP contribution in [0.2, 0.25) is 0 Å². The zero-order chi connectivity index (χ0) is 22.6. The van der Waals surface area contributed by atoms with Gasteiger partial charge in [0.1, 0.15) is 16.7 Å². The fourth-order valence-electron chi connectivity index (χ4n) is 4.03. The van der Waals surface area contributed by atoms with Crippen LogP contribution in [-0.4, -0.2) is 68.2 Å². The molecule has 2 aromatic carbocycles. The number of likely N-dealkylation sites (N-methyl/N-ethyl adjacent to an activating group) is 1. The summed E-state index contributed by atoms with van der Waals surface area (Å²) in [5.41, 5.74) is 1.91. The van der Waals surface area contributed by atoms with E-state index in [-0.39, 0.29) is 23.5 Å². The fourth-order valence-corrected chi connectivity index (χ4v) is 5.86. The van der Waals surface area contributed by atoms with Crippen LogP contribution >= 0.6 is 0 Å². The number of sulfonamides is 1. The van der Waals surface area contributed by atoms with E-state index in [9.17, 15) is 13.5 Å². The molecule has 0 fully saturated rings. The minimum atomic E-state index is -3.81. The van der Waals surface area contributed by atoms with Crippen molar-refractivity contribution in [1.82, 2.24) is 9.21 Å². The summed E-state index contributed by atoms with van der Waals surface area (Å²) in [4.78, 5) is 2.38. The van der Waals surface area contributed by atoms with Gasteiger partial charge in [0.05, 0.1) is 6.61 Å². The molecule has 1 heterocycles. The number of aliphatic hydroxyl groups is 1. The van der Waals surface area contributed by atoms with Crippen molar-refractivity contribution in [1.29, 1.82) is 0 Å². The van der Waals surface area contributed by atoms with Gasteiger partial charge in [0.25, 0.3) is 0 Å². The lowest BCUT2D eigenvalue weighted by Crippen LogP contribution is -2.49. The summed E-state index contributed by atoms with van der Waals surface area (Å²) in [6.45, 7) is 7.60. The van der Waals surface area contributed by atoms with Gasteiger partial charge in [-0.25, -0.2) is 8.42 Å². The van der Waals surface area contributed by atoms with E-state index in [1.165, 1.54) is 4.31 Å². The molecule has 7 heteroatoms. The van der Waals surface area contributed by atoms with Crippen molar-refractivity contribution in [3.63, 3.8) is 0 Å². The number of fused-ring (bicyclic) bond motifs is 1. The Labute approximate surface area is 186 Å². The van der Waals surface area contributed by atoms with Crippen molar-refractivity contribution < 1.29 is 18.3 Å². The minimum Gasteiger partial charge on any atom is -0.487 e. The maximum Gasteiger partial charge on any atom is 0.247 e. The first-order valence-electron chi connectivity index (χ1n) is 10.9. The summed E-state index contributed by atoms with van der Waals surface area (Å²) in [7, 11) is -1.75. The Morgan fingerprint density at radius 1 is 1.19 bits per heavy atom. The van der Waals surface area contributed by atoms with Gasteiger partial charge in [0, 0.05) is 25.0 Å². The normalized spacial score (nSPS) is 22.3. The van der Waals surface area contributed by atoms with Crippen molar-refractivity contribution in [2.24, 2.45) is 5.92 Å². The second-order valence-electron chi connectivity index (χ2n) is 8.53. The molecule has 0 radical (unpaired) electrons. The molecule has 1 N–H and O–H groups in total. The van der Waals surface area contributed by atoms with Gasteiger partial charge in [0.15, 0.2) is 0 Å². The quantitative estimate of drug-likeness (QED) is 0.705. The van der Waals surface area contributed by atoms with Gasteiger partial charge in [0.2, 0.25) is 10.0 Å². The number of benzene rings is 2. The molecule has 0 aromatic heterocycles. The van der Waals surface area contributed by atoms with Crippen molar-refractivity contribution >= 4 is 10.0 Å². The number of nitrogens with zero attached hydrogens (tertiary/aromatic N) is 2. The van der Waals surface area contributed by atoms with Gasteiger partial charge in [-0.15, -0.1) is 0 Å². The Hall–Kier alpha value is -1.93. The number of aliphatic hydroxyl groups excluding tert-OH is 1. The van der Waals surface area contributed by atoms with E-state index in [1.807, 2.05) is 49.4 Å². The van der Waals surface area contributed by atoms with E-state index < -0.39 is 16.1 Å². The Balaban J connectivity index is 2.10. The Bertz CT molecular complexity index is 965. The zero-order valence-electron chi connectivity index (χ0n) is 18.9. The highest BCUT2D eigenvalue weighted by atomic mass is 32.2. The van der Waals surface area contributed by atoms with E-state index in [0.717, 1.165) is 24.1 Å². The van der Waals surface area contributed by atoms with Gasteiger partial charge < -0.3 is 14.7 Å². The number of rotatable bonds is 7. The van der Waals surface area contributed by atoms with Gasteiger partial charge in [-0.1, -0.05) is 50.2 Å². The molecule has 2 aromatic rings. The first-order chi connectivity index (χ1) is 14.8. The molecule has 0 amide bonds. The van der Waals surface area contributed by atoms with Crippen LogP contribution in [-0.2, 0) is 10.0 Å². The van der Waals surface area contributed by atoms with E-state index in [0.29, 0.717) is 18.8 Å². The lowest BCUT2D eigenvalue weighted by molar-refractivity contribution is 0.0753. The maximum absolute atomic E-state index is 13.5. The molecule has 6 nitrogen and oxygen atoms in total. The predicted octanol–water partition coefficient (Wildman–Crippen LogP) is 3.46. The molecule has 1 aliphatic heterocycles. The highest BCUT2D eigenvalue weighted by molar-refractivity contribution is 7.89. The molecule has 0 spiro atoms. The third-order valence-corrected chi connectivity index (χ3v) is 7.89. The third kappa shape index (κ3) is 5.29. The zero-order valence-corrected chi connectivity index (χ0v) is 19.7. The van der Waals surface area contributed by atoms with E-state index in [1.54, 1.807) is 13.0 Å². The summed E-state index contributed by atoms with van der Waals surface area (Å²) < 4.78 is 34.9. The van der Waals surface area contributed by atoms with Crippen LogP contribution in [0.5, 0.6) is 5.75 Å². The monoisotopic (exact) mass is 446 g/mol. The Morgan fingerprint density at radius 3 is 2.55 bits per heavy atom. The minimum absolute atomic E-state index is 0.0448. The van der Waals surface area contributed by atoms with E-state index >= 15 is 0 Å². The highest BCUT2D eigenvalue weighted by Crippen LogP contribution is 2.36. The average molecular weight is 447 g/mol.